The Labute approximate surface area is 73.0 Å². The van der Waals surface area contributed by atoms with Crippen LogP contribution in [-0.2, 0) is 0 Å². The van der Waals surface area contributed by atoms with E-state index in [1.807, 2.05) is 6.07 Å². The van der Waals surface area contributed by atoms with Gasteiger partial charge in [-0.2, -0.15) is 0 Å². The Balaban J connectivity index is 2.85. The Kier molecular flexibility index (Phi) is 3.05. The second-order valence-electron chi connectivity index (χ2n) is 1.91. The van der Waals surface area contributed by atoms with Crippen molar-refractivity contribution in [2.45, 2.75) is 0 Å². The number of hydrogen-bond acceptors (Lipinski definition) is 0. The first kappa shape index (κ1) is 7.07. The summed E-state index contributed by atoms with van der Waals surface area (Å²) in [6, 6.07) is 10.3. The predicted octanol–water partition coefficient (Wildman–Crippen LogP) is 1.83. The van der Waals surface area contributed by atoms with Gasteiger partial charge in [0.1, 0.15) is 0 Å². The first-order chi connectivity index (χ1) is 4.43. The molecule has 0 aromatic heterocycles. The first-order valence-electron chi connectivity index (χ1n) is 3.11. The van der Waals surface area contributed by atoms with Crippen molar-refractivity contribution in [1.29, 1.82) is 0 Å². The maximum absolute atomic E-state index is 2.18. The molecule has 0 radical (unpaired) electrons. The van der Waals surface area contributed by atoms with Gasteiger partial charge in [-0.15, -0.1) is 0 Å². The third kappa shape index (κ3) is 2.35. The zero-order valence-corrected chi connectivity index (χ0v) is 7.54. The molecule has 0 saturated heterocycles. The van der Waals surface area contributed by atoms with E-state index < -0.39 is 0 Å². The van der Waals surface area contributed by atoms with Crippen LogP contribution in [0.1, 0.15) is 5.56 Å². The molecule has 1 heteroatoms. The van der Waals surface area contributed by atoms with Crippen LogP contribution in [0.2, 0.25) is 0 Å². The van der Waals surface area contributed by atoms with Crippen molar-refractivity contribution in [3.8, 4) is 0 Å². The predicted molar refractivity (Wildman–Crippen MR) is 41.2 cm³/mol. The molecule has 0 fully saturated rings. The Morgan fingerprint density at radius 3 is 2.33 bits per heavy atom. The van der Waals surface area contributed by atoms with E-state index in [0.29, 0.717) is 0 Å². The van der Waals surface area contributed by atoms with Gasteiger partial charge in [-0.05, 0) is 0 Å². The summed E-state index contributed by atoms with van der Waals surface area (Å²) in [7, 11) is 0. The van der Waals surface area contributed by atoms with Crippen LogP contribution in [-0.4, -0.2) is 27.9 Å². The zero-order chi connectivity index (χ0) is 6.53. The van der Waals surface area contributed by atoms with Gasteiger partial charge in [-0.3, -0.25) is 0 Å². The van der Waals surface area contributed by atoms with Crippen molar-refractivity contribution >= 4 is 34.0 Å². The summed E-state index contributed by atoms with van der Waals surface area (Å²) in [4.78, 5) is 0. The molecule has 40 valence electrons. The standard InChI is InChI=1S/C8H7.Na/c1-2-8-6-4-3-5-7-8;/h1-7H;. The molecule has 0 atom stereocenters. The van der Waals surface area contributed by atoms with E-state index in [2.05, 4.69) is 33.7 Å². The molecule has 9 heavy (non-hydrogen) atoms. The average Bonchev–Trinajstić information content (AvgIpc) is 1.91. The second-order valence-corrected chi connectivity index (χ2v) is 2.58. The van der Waals surface area contributed by atoms with E-state index in [-0.39, 0.29) is 0 Å². The van der Waals surface area contributed by atoms with Crippen LogP contribution in [0.4, 0.5) is 0 Å². The maximum atomic E-state index is 2.18. The van der Waals surface area contributed by atoms with Crippen LogP contribution in [0, 0.1) is 0 Å². The van der Waals surface area contributed by atoms with Gasteiger partial charge >= 0.3 is 73.2 Å². The topological polar surface area (TPSA) is 0 Å². The SMILES string of the molecule is [Na]/[CH]=C/c1ccccc1. The molecule has 1 rings (SSSR count). The van der Waals surface area contributed by atoms with E-state index >= 15 is 0 Å². The van der Waals surface area contributed by atoms with Crippen LogP contribution in [0.3, 0.4) is 0 Å². The molecule has 1 aromatic rings. The van der Waals surface area contributed by atoms with Crippen LogP contribution >= 0.6 is 0 Å². The molecule has 0 amide bonds. The van der Waals surface area contributed by atoms with Crippen LogP contribution in [0.5, 0.6) is 0 Å². The minimum atomic E-state index is 1.14. The van der Waals surface area contributed by atoms with E-state index in [4.69, 9.17) is 0 Å². The molecule has 0 bridgehead atoms. The molecule has 0 unspecified atom stereocenters. The fourth-order valence-corrected chi connectivity index (χ4v) is 1.14. The molecule has 0 aliphatic rings. The number of benzene rings is 1. The Hall–Kier alpha value is -0.0400. The number of hydrogen-bond donors (Lipinski definition) is 0. The summed E-state index contributed by atoms with van der Waals surface area (Å²) in [5, 5.41) is 0. The monoisotopic (exact) mass is 126 g/mol. The van der Waals surface area contributed by atoms with Gasteiger partial charge in [0.2, 0.25) is 0 Å². The molecule has 0 aliphatic heterocycles. The summed E-state index contributed by atoms with van der Waals surface area (Å²) in [5.41, 5.74) is 1.30. The Morgan fingerprint density at radius 1 is 1.11 bits per heavy atom. The summed E-state index contributed by atoms with van der Waals surface area (Å²) in [6.45, 7) is 0. The summed E-state index contributed by atoms with van der Waals surface area (Å²) >= 11 is 1.14. The summed E-state index contributed by atoms with van der Waals surface area (Å²) in [5.74, 6) is 0. The van der Waals surface area contributed by atoms with Crippen LogP contribution in [0.25, 0.3) is 6.08 Å². The third-order valence-corrected chi connectivity index (χ3v) is 1.49. The number of rotatable bonds is 1. The Bertz CT molecular complexity index is 189. The Morgan fingerprint density at radius 2 is 1.78 bits per heavy atom. The van der Waals surface area contributed by atoms with E-state index in [1.165, 1.54) is 5.56 Å². The van der Waals surface area contributed by atoms with E-state index in [9.17, 15) is 0 Å². The molecular weight excluding hydrogens is 119 g/mol. The average molecular weight is 126 g/mol. The zero-order valence-electron chi connectivity index (χ0n) is 5.54. The summed E-state index contributed by atoms with van der Waals surface area (Å²) < 4.78 is 2.18. The third-order valence-electron chi connectivity index (χ3n) is 1.16. The normalized spacial score (nSPS) is 10.4. The molecule has 0 spiro atoms. The fourth-order valence-electron chi connectivity index (χ4n) is 0.757. The van der Waals surface area contributed by atoms with E-state index in [0.717, 1.165) is 27.9 Å². The van der Waals surface area contributed by atoms with Crippen molar-refractivity contribution < 1.29 is 0 Å². The van der Waals surface area contributed by atoms with Crippen LogP contribution in [0.15, 0.2) is 33.7 Å². The molecule has 0 nitrogen and oxygen atoms in total. The molecule has 0 saturated carbocycles. The van der Waals surface area contributed by atoms with Gasteiger partial charge in [0, 0.05) is 0 Å². The van der Waals surface area contributed by atoms with Crippen LogP contribution < -0.4 is 0 Å². The first-order valence-corrected chi connectivity index (χ1v) is 4.26. The van der Waals surface area contributed by atoms with Crippen molar-refractivity contribution in [2.75, 3.05) is 0 Å². The van der Waals surface area contributed by atoms with Gasteiger partial charge in [0.15, 0.2) is 0 Å². The quantitative estimate of drug-likeness (QED) is 0.503. The van der Waals surface area contributed by atoms with Gasteiger partial charge < -0.3 is 0 Å². The molecule has 1 aromatic carbocycles. The minimum absolute atomic E-state index is 1.14. The molecule has 0 heterocycles. The molecule has 0 N–H and O–H groups in total. The van der Waals surface area contributed by atoms with Gasteiger partial charge in [0.25, 0.3) is 0 Å². The molecular formula is C8H7Na. The van der Waals surface area contributed by atoms with Crippen molar-refractivity contribution in [2.24, 2.45) is 0 Å². The fraction of sp³-hybridized carbons (Fsp3) is 0. The van der Waals surface area contributed by atoms with Gasteiger partial charge in [0.05, 0.1) is 0 Å². The van der Waals surface area contributed by atoms with Crippen molar-refractivity contribution in [3.05, 3.63) is 39.2 Å². The van der Waals surface area contributed by atoms with E-state index in [1.54, 1.807) is 0 Å². The van der Waals surface area contributed by atoms with Crippen molar-refractivity contribution in [3.63, 3.8) is 0 Å². The molecule has 0 aliphatic carbocycles. The second kappa shape index (κ2) is 3.89. The van der Waals surface area contributed by atoms with Crippen molar-refractivity contribution in [1.82, 2.24) is 0 Å². The van der Waals surface area contributed by atoms with Gasteiger partial charge in [-0.1, -0.05) is 0 Å². The summed E-state index contributed by atoms with van der Waals surface area (Å²) in [6.07, 6.45) is 2.15. The van der Waals surface area contributed by atoms with Gasteiger partial charge in [-0.25, -0.2) is 0 Å².